The zero-order chi connectivity index (χ0) is 8.27. The highest BCUT2D eigenvalue weighted by Gasteiger charge is 2.00. The highest BCUT2D eigenvalue weighted by atomic mass is 16.5. The molecular weight excluding hydrogens is 138 g/mol. The van der Waals surface area contributed by atoms with Gasteiger partial charge in [0.2, 0.25) is 5.88 Å². The van der Waals surface area contributed by atoms with E-state index < -0.39 is 0 Å². The molecule has 1 heterocycles. The molecule has 2 heteroatoms. The van der Waals surface area contributed by atoms with Gasteiger partial charge in [0, 0.05) is 6.20 Å². The SMILES string of the molecule is COc1[c]c(C(C)C)ccn1. The monoisotopic (exact) mass is 150 g/mol. The molecule has 0 aliphatic heterocycles. The van der Waals surface area contributed by atoms with Crippen molar-refractivity contribution in [3.8, 4) is 5.88 Å². The lowest BCUT2D eigenvalue weighted by Gasteiger charge is -2.04. The van der Waals surface area contributed by atoms with Crippen molar-refractivity contribution in [3.63, 3.8) is 0 Å². The zero-order valence-corrected chi connectivity index (χ0v) is 7.09. The van der Waals surface area contributed by atoms with Crippen molar-refractivity contribution in [1.82, 2.24) is 4.98 Å². The Hall–Kier alpha value is -1.05. The first-order chi connectivity index (χ1) is 5.24. The fourth-order valence-electron chi connectivity index (χ4n) is 0.823. The van der Waals surface area contributed by atoms with Gasteiger partial charge in [-0.25, -0.2) is 4.98 Å². The van der Waals surface area contributed by atoms with Gasteiger partial charge in [0.1, 0.15) is 0 Å². The summed E-state index contributed by atoms with van der Waals surface area (Å²) in [5, 5.41) is 0. The summed E-state index contributed by atoms with van der Waals surface area (Å²) in [6.07, 6.45) is 1.74. The summed E-state index contributed by atoms with van der Waals surface area (Å²) >= 11 is 0. The van der Waals surface area contributed by atoms with Gasteiger partial charge in [-0.1, -0.05) is 13.8 Å². The van der Waals surface area contributed by atoms with Crippen LogP contribution in [-0.2, 0) is 0 Å². The second kappa shape index (κ2) is 3.37. The Morgan fingerprint density at radius 1 is 1.55 bits per heavy atom. The van der Waals surface area contributed by atoms with Crippen LogP contribution in [0.25, 0.3) is 0 Å². The van der Waals surface area contributed by atoms with Crippen LogP contribution in [0.15, 0.2) is 12.3 Å². The van der Waals surface area contributed by atoms with E-state index in [0.717, 1.165) is 5.56 Å². The van der Waals surface area contributed by atoms with Crippen LogP contribution in [0, 0.1) is 6.07 Å². The summed E-state index contributed by atoms with van der Waals surface area (Å²) < 4.78 is 4.94. The summed E-state index contributed by atoms with van der Waals surface area (Å²) in [5.74, 6) is 1.04. The largest absolute Gasteiger partial charge is 0.481 e. The Morgan fingerprint density at radius 2 is 2.27 bits per heavy atom. The molecule has 0 N–H and O–H groups in total. The van der Waals surface area contributed by atoms with Crippen molar-refractivity contribution in [2.45, 2.75) is 19.8 Å². The van der Waals surface area contributed by atoms with Gasteiger partial charge in [-0.15, -0.1) is 0 Å². The summed E-state index contributed by atoms with van der Waals surface area (Å²) in [4.78, 5) is 3.96. The van der Waals surface area contributed by atoms with Crippen LogP contribution in [0.1, 0.15) is 25.3 Å². The Morgan fingerprint density at radius 3 is 2.82 bits per heavy atom. The number of aromatic nitrogens is 1. The Labute approximate surface area is 67.2 Å². The van der Waals surface area contributed by atoms with Crippen molar-refractivity contribution in [3.05, 3.63) is 23.9 Å². The Bertz CT molecular complexity index is 233. The van der Waals surface area contributed by atoms with Crippen molar-refractivity contribution in [2.75, 3.05) is 7.11 Å². The molecule has 1 radical (unpaired) electrons. The molecule has 0 amide bonds. The quantitative estimate of drug-likeness (QED) is 0.643. The molecule has 0 saturated carbocycles. The smallest absolute Gasteiger partial charge is 0.221 e. The molecule has 0 atom stereocenters. The predicted molar refractivity (Wildman–Crippen MR) is 43.7 cm³/mol. The topological polar surface area (TPSA) is 22.1 Å². The van der Waals surface area contributed by atoms with E-state index in [2.05, 4.69) is 24.9 Å². The van der Waals surface area contributed by atoms with Crippen molar-refractivity contribution < 1.29 is 4.74 Å². The van der Waals surface area contributed by atoms with Gasteiger partial charge in [-0.2, -0.15) is 0 Å². The second-order valence-electron chi connectivity index (χ2n) is 2.69. The van der Waals surface area contributed by atoms with E-state index in [1.165, 1.54) is 0 Å². The molecule has 1 aromatic heterocycles. The summed E-state index contributed by atoms with van der Waals surface area (Å²) in [5.41, 5.74) is 1.14. The van der Waals surface area contributed by atoms with Crippen LogP contribution in [-0.4, -0.2) is 12.1 Å². The predicted octanol–water partition coefficient (Wildman–Crippen LogP) is 2.01. The van der Waals surface area contributed by atoms with Crippen LogP contribution in [0.2, 0.25) is 0 Å². The molecule has 1 aromatic rings. The molecule has 0 aliphatic carbocycles. The zero-order valence-electron chi connectivity index (χ0n) is 7.09. The third-order valence-electron chi connectivity index (χ3n) is 1.51. The third-order valence-corrected chi connectivity index (χ3v) is 1.51. The van der Waals surface area contributed by atoms with Crippen LogP contribution >= 0.6 is 0 Å². The number of nitrogens with zero attached hydrogens (tertiary/aromatic N) is 1. The normalized spacial score (nSPS) is 10.2. The standard InChI is InChI=1S/C9H12NO/c1-7(2)8-4-5-10-9(6-8)11-3/h4-5,7H,1-3H3. The molecule has 0 aromatic carbocycles. The maximum atomic E-state index is 4.94. The third kappa shape index (κ3) is 1.93. The number of methoxy groups -OCH3 is 1. The van der Waals surface area contributed by atoms with Gasteiger partial charge in [0.25, 0.3) is 0 Å². The molecule has 0 unspecified atom stereocenters. The highest BCUT2D eigenvalue weighted by molar-refractivity contribution is 5.20. The molecule has 59 valence electrons. The lowest BCUT2D eigenvalue weighted by Crippen LogP contribution is -1.92. The van der Waals surface area contributed by atoms with E-state index in [9.17, 15) is 0 Å². The van der Waals surface area contributed by atoms with Gasteiger partial charge in [0.15, 0.2) is 0 Å². The lowest BCUT2D eigenvalue weighted by molar-refractivity contribution is 0.396. The molecule has 0 saturated heterocycles. The number of hydrogen-bond donors (Lipinski definition) is 0. The number of ether oxygens (including phenoxy) is 1. The van der Waals surface area contributed by atoms with Crippen LogP contribution in [0.4, 0.5) is 0 Å². The first-order valence-electron chi connectivity index (χ1n) is 3.66. The first-order valence-corrected chi connectivity index (χ1v) is 3.66. The van der Waals surface area contributed by atoms with Crippen molar-refractivity contribution >= 4 is 0 Å². The molecule has 1 rings (SSSR count). The van der Waals surface area contributed by atoms with E-state index in [-0.39, 0.29) is 0 Å². The van der Waals surface area contributed by atoms with Crippen LogP contribution < -0.4 is 4.74 Å². The van der Waals surface area contributed by atoms with E-state index in [4.69, 9.17) is 4.74 Å². The van der Waals surface area contributed by atoms with Gasteiger partial charge in [-0.3, -0.25) is 0 Å². The minimum absolute atomic E-state index is 0.479. The van der Waals surface area contributed by atoms with Crippen LogP contribution in [0.5, 0.6) is 5.88 Å². The van der Waals surface area contributed by atoms with Gasteiger partial charge >= 0.3 is 0 Å². The second-order valence-corrected chi connectivity index (χ2v) is 2.69. The molecule has 0 spiro atoms. The molecule has 0 aliphatic rings. The minimum Gasteiger partial charge on any atom is -0.481 e. The maximum absolute atomic E-state index is 4.94. The maximum Gasteiger partial charge on any atom is 0.221 e. The highest BCUT2D eigenvalue weighted by Crippen LogP contribution is 2.15. The summed E-state index contributed by atoms with van der Waals surface area (Å²) in [7, 11) is 1.60. The van der Waals surface area contributed by atoms with Gasteiger partial charge in [-0.05, 0) is 17.5 Å². The average molecular weight is 150 g/mol. The Balaban J connectivity index is 2.91. The van der Waals surface area contributed by atoms with E-state index in [1.54, 1.807) is 13.3 Å². The summed E-state index contributed by atoms with van der Waals surface area (Å²) in [6.45, 7) is 4.23. The molecule has 11 heavy (non-hydrogen) atoms. The molecular formula is C9H12NO. The van der Waals surface area contributed by atoms with Crippen molar-refractivity contribution in [2.24, 2.45) is 0 Å². The average Bonchev–Trinajstić information content (AvgIpc) is 2.05. The van der Waals surface area contributed by atoms with E-state index in [1.807, 2.05) is 6.07 Å². The number of pyridine rings is 1. The van der Waals surface area contributed by atoms with Gasteiger partial charge in [0.05, 0.1) is 13.2 Å². The van der Waals surface area contributed by atoms with Gasteiger partial charge < -0.3 is 4.74 Å². The fraction of sp³-hybridized carbons (Fsp3) is 0.444. The number of rotatable bonds is 2. The summed E-state index contributed by atoms with van der Waals surface area (Å²) in [6, 6.07) is 5.01. The van der Waals surface area contributed by atoms with E-state index in [0.29, 0.717) is 11.8 Å². The molecule has 0 fully saturated rings. The number of hydrogen-bond acceptors (Lipinski definition) is 2. The Kier molecular flexibility index (Phi) is 2.47. The molecule has 2 nitrogen and oxygen atoms in total. The minimum atomic E-state index is 0.479. The molecule has 0 bridgehead atoms. The fourth-order valence-corrected chi connectivity index (χ4v) is 0.823. The van der Waals surface area contributed by atoms with Crippen LogP contribution in [0.3, 0.4) is 0 Å². The lowest BCUT2D eigenvalue weighted by atomic mass is 10.1. The van der Waals surface area contributed by atoms with E-state index >= 15 is 0 Å². The van der Waals surface area contributed by atoms with Crippen molar-refractivity contribution in [1.29, 1.82) is 0 Å². The first kappa shape index (κ1) is 8.05.